The lowest BCUT2D eigenvalue weighted by molar-refractivity contribution is -0.166. The van der Waals surface area contributed by atoms with Gasteiger partial charge in [0.2, 0.25) is 0 Å². The van der Waals surface area contributed by atoms with Gasteiger partial charge in [-0.2, -0.15) is 0 Å². The lowest BCUT2D eigenvalue weighted by Gasteiger charge is -2.20. The van der Waals surface area contributed by atoms with Crippen molar-refractivity contribution in [1.29, 1.82) is 0 Å². The minimum absolute atomic E-state index is 0.140. The van der Waals surface area contributed by atoms with Gasteiger partial charge < -0.3 is 9.47 Å². The average molecular weight is 278 g/mol. The summed E-state index contributed by atoms with van der Waals surface area (Å²) in [5.41, 5.74) is -2.19. The molecule has 6 heteroatoms. The van der Waals surface area contributed by atoms with Gasteiger partial charge in [-0.05, 0) is 26.0 Å². The molecule has 6 nitrogen and oxygen atoms in total. The molecule has 1 atom stereocenters. The number of hydrogen-bond acceptors (Lipinski definition) is 6. The molecular weight excluding hydrogens is 264 g/mol. The summed E-state index contributed by atoms with van der Waals surface area (Å²) >= 11 is 0. The molecular formula is C14H14O6. The van der Waals surface area contributed by atoms with Crippen molar-refractivity contribution >= 4 is 23.5 Å². The fourth-order valence-corrected chi connectivity index (χ4v) is 1.45. The Kier molecular flexibility index (Phi) is 4.74. The molecule has 0 bridgehead atoms. The third kappa shape index (κ3) is 2.90. The summed E-state index contributed by atoms with van der Waals surface area (Å²) in [7, 11) is 1.03. The maximum Gasteiger partial charge on any atom is 0.381 e. The van der Waals surface area contributed by atoms with E-state index in [1.54, 1.807) is 18.2 Å². The number of ketones is 2. The van der Waals surface area contributed by atoms with Crippen molar-refractivity contribution in [2.75, 3.05) is 7.11 Å². The van der Waals surface area contributed by atoms with Gasteiger partial charge in [-0.15, -0.1) is 0 Å². The quantitative estimate of drug-likeness (QED) is 0.344. The monoisotopic (exact) mass is 278 g/mol. The molecule has 20 heavy (non-hydrogen) atoms. The van der Waals surface area contributed by atoms with Crippen molar-refractivity contribution < 1.29 is 28.7 Å². The Morgan fingerprint density at radius 3 is 2.05 bits per heavy atom. The summed E-state index contributed by atoms with van der Waals surface area (Å²) in [6.07, 6.45) is 0. The van der Waals surface area contributed by atoms with Crippen molar-refractivity contribution in [1.82, 2.24) is 0 Å². The number of carbonyl (C=O) groups excluding carboxylic acids is 4. The molecule has 0 fully saturated rings. The summed E-state index contributed by atoms with van der Waals surface area (Å²) < 4.78 is 9.23. The van der Waals surface area contributed by atoms with Crippen LogP contribution in [0.4, 0.5) is 0 Å². The summed E-state index contributed by atoms with van der Waals surface area (Å²) in [6, 6.07) is 7.85. The Balaban J connectivity index is 2.99. The minimum Gasteiger partial charge on any atom is -0.468 e. The molecule has 106 valence electrons. The topological polar surface area (TPSA) is 86.7 Å². The normalized spacial score (nSPS) is 12.9. The number of Topliss-reactive ketones (excluding diaryl/α,β-unsaturated/α-hetero) is 2. The Morgan fingerprint density at radius 2 is 1.60 bits per heavy atom. The predicted octanol–water partition coefficient (Wildman–Crippen LogP) is 0.929. The van der Waals surface area contributed by atoms with Crippen LogP contribution in [0.1, 0.15) is 13.8 Å². The molecule has 0 aliphatic heterocycles. The highest BCUT2D eigenvalue weighted by molar-refractivity contribution is 6.45. The summed E-state index contributed by atoms with van der Waals surface area (Å²) in [6.45, 7) is 2.07. The van der Waals surface area contributed by atoms with E-state index >= 15 is 0 Å². The van der Waals surface area contributed by atoms with Crippen molar-refractivity contribution in [2.24, 2.45) is 5.41 Å². The van der Waals surface area contributed by atoms with Gasteiger partial charge >= 0.3 is 11.9 Å². The Bertz CT molecular complexity index is 548. The number of ether oxygens (including phenoxy) is 2. The Morgan fingerprint density at radius 1 is 1.05 bits per heavy atom. The molecule has 0 radical (unpaired) electrons. The van der Waals surface area contributed by atoms with Gasteiger partial charge in [0.25, 0.3) is 5.78 Å². The van der Waals surface area contributed by atoms with Gasteiger partial charge in [-0.3, -0.25) is 14.4 Å². The molecule has 0 aliphatic carbocycles. The van der Waals surface area contributed by atoms with Gasteiger partial charge in [0.1, 0.15) is 5.75 Å². The number of para-hydroxylation sites is 1. The van der Waals surface area contributed by atoms with Gasteiger partial charge in [0.15, 0.2) is 11.2 Å². The van der Waals surface area contributed by atoms with E-state index in [-0.39, 0.29) is 5.75 Å². The number of hydrogen-bond donors (Lipinski definition) is 0. The summed E-state index contributed by atoms with van der Waals surface area (Å²) in [5.74, 6) is -4.30. The molecule has 1 rings (SSSR count). The van der Waals surface area contributed by atoms with Crippen LogP contribution in [0.25, 0.3) is 0 Å². The molecule has 1 aromatic carbocycles. The second kappa shape index (κ2) is 6.10. The maximum absolute atomic E-state index is 12.0. The third-order valence-corrected chi connectivity index (χ3v) is 2.89. The van der Waals surface area contributed by atoms with E-state index in [9.17, 15) is 19.2 Å². The first-order chi connectivity index (χ1) is 9.33. The lowest BCUT2D eigenvalue weighted by Crippen LogP contribution is -2.48. The number of methoxy groups -OCH3 is 1. The van der Waals surface area contributed by atoms with Crippen LogP contribution in [0.3, 0.4) is 0 Å². The Labute approximate surface area is 115 Å². The number of esters is 2. The van der Waals surface area contributed by atoms with E-state index in [1.165, 1.54) is 12.1 Å². The number of benzene rings is 1. The summed E-state index contributed by atoms with van der Waals surface area (Å²) in [4.78, 5) is 46.9. The second-order valence-corrected chi connectivity index (χ2v) is 4.20. The first-order valence-electron chi connectivity index (χ1n) is 5.75. The van der Waals surface area contributed by atoms with Crippen LogP contribution in [0.5, 0.6) is 5.75 Å². The molecule has 0 heterocycles. The molecule has 1 aromatic rings. The van der Waals surface area contributed by atoms with Crippen molar-refractivity contribution in [3.63, 3.8) is 0 Å². The van der Waals surface area contributed by atoms with Crippen LogP contribution in [-0.4, -0.2) is 30.6 Å². The van der Waals surface area contributed by atoms with Crippen LogP contribution >= 0.6 is 0 Å². The van der Waals surface area contributed by atoms with Crippen LogP contribution in [0.15, 0.2) is 30.3 Å². The van der Waals surface area contributed by atoms with Crippen molar-refractivity contribution in [3.05, 3.63) is 30.3 Å². The molecule has 0 aromatic heterocycles. The largest absolute Gasteiger partial charge is 0.468 e. The van der Waals surface area contributed by atoms with Gasteiger partial charge in [0.05, 0.1) is 7.11 Å². The van der Waals surface area contributed by atoms with Gasteiger partial charge in [-0.1, -0.05) is 18.2 Å². The fraction of sp³-hybridized carbons (Fsp3) is 0.286. The fourth-order valence-electron chi connectivity index (χ4n) is 1.45. The van der Waals surface area contributed by atoms with E-state index in [0.717, 1.165) is 21.0 Å². The first-order valence-corrected chi connectivity index (χ1v) is 5.75. The van der Waals surface area contributed by atoms with Crippen LogP contribution in [-0.2, 0) is 23.9 Å². The molecule has 1 unspecified atom stereocenters. The van der Waals surface area contributed by atoms with Crippen molar-refractivity contribution in [2.45, 2.75) is 13.8 Å². The second-order valence-electron chi connectivity index (χ2n) is 4.20. The lowest BCUT2D eigenvalue weighted by atomic mass is 9.82. The standard InChI is InChI=1S/C14H14O6/c1-9(15)14(2,13(18)19-3)11(16)12(17)20-10-7-5-4-6-8-10/h4-8H,1-3H3. The molecule has 0 spiro atoms. The zero-order chi connectivity index (χ0) is 15.3. The number of carbonyl (C=O) groups is 4. The SMILES string of the molecule is COC(=O)C(C)(C(C)=O)C(=O)C(=O)Oc1ccccc1. The molecule has 0 N–H and O–H groups in total. The first kappa shape index (κ1) is 15.6. The molecule has 0 saturated heterocycles. The van der Waals surface area contributed by atoms with E-state index in [0.29, 0.717) is 0 Å². The maximum atomic E-state index is 12.0. The van der Waals surface area contributed by atoms with Gasteiger partial charge in [-0.25, -0.2) is 4.79 Å². The van der Waals surface area contributed by atoms with Gasteiger partial charge in [0, 0.05) is 0 Å². The van der Waals surface area contributed by atoms with E-state index in [1.807, 2.05) is 0 Å². The van der Waals surface area contributed by atoms with E-state index in [2.05, 4.69) is 4.74 Å². The van der Waals surface area contributed by atoms with E-state index in [4.69, 9.17) is 4.74 Å². The van der Waals surface area contributed by atoms with E-state index < -0.39 is 28.9 Å². The molecule has 0 saturated carbocycles. The van der Waals surface area contributed by atoms with Crippen molar-refractivity contribution in [3.8, 4) is 5.75 Å². The van der Waals surface area contributed by atoms with Crippen LogP contribution < -0.4 is 4.74 Å². The number of rotatable bonds is 5. The molecule has 0 amide bonds. The highest BCUT2D eigenvalue weighted by Crippen LogP contribution is 2.23. The zero-order valence-electron chi connectivity index (χ0n) is 11.3. The Hall–Kier alpha value is -2.50. The third-order valence-electron chi connectivity index (χ3n) is 2.89. The highest BCUT2D eigenvalue weighted by Gasteiger charge is 2.51. The smallest absolute Gasteiger partial charge is 0.381 e. The predicted molar refractivity (Wildman–Crippen MR) is 67.9 cm³/mol. The zero-order valence-corrected chi connectivity index (χ0v) is 11.3. The minimum atomic E-state index is -2.19. The average Bonchev–Trinajstić information content (AvgIpc) is 2.45. The molecule has 0 aliphatic rings. The van der Waals surface area contributed by atoms with Crippen LogP contribution in [0.2, 0.25) is 0 Å². The highest BCUT2D eigenvalue weighted by atomic mass is 16.5. The summed E-state index contributed by atoms with van der Waals surface area (Å²) in [5, 5.41) is 0. The van der Waals surface area contributed by atoms with Crippen LogP contribution in [0, 0.1) is 5.41 Å².